The number of halogens is 3. The van der Waals surface area contributed by atoms with Gasteiger partial charge in [-0.05, 0) is 36.4 Å². The Labute approximate surface area is 161 Å². The van der Waals surface area contributed by atoms with Gasteiger partial charge in [-0.1, -0.05) is 0 Å². The maximum absolute atomic E-state index is 12.6. The van der Waals surface area contributed by atoms with Gasteiger partial charge in [-0.2, -0.15) is 22.8 Å². The van der Waals surface area contributed by atoms with Crippen LogP contribution in [-0.4, -0.2) is 30.5 Å². The molecule has 2 N–H and O–H groups in total. The van der Waals surface area contributed by atoms with Crippen LogP contribution in [0.1, 0.15) is 15.9 Å². The molecule has 4 aromatic rings. The van der Waals surface area contributed by atoms with E-state index in [-0.39, 0.29) is 17.2 Å². The molecule has 4 rings (SSSR count). The SMILES string of the molecule is O=C(Nc1cnc2cccnn12)c1ccnc(Nc2ccc(C(F)(F)F)cn2)c1. The minimum Gasteiger partial charge on any atom is -0.325 e. The van der Waals surface area contributed by atoms with E-state index in [2.05, 4.69) is 30.7 Å². The Bertz CT molecular complexity index is 1170. The largest absolute Gasteiger partial charge is 0.417 e. The van der Waals surface area contributed by atoms with E-state index in [1.807, 2.05) is 0 Å². The van der Waals surface area contributed by atoms with Crippen LogP contribution in [0.4, 0.5) is 30.6 Å². The third-order valence-corrected chi connectivity index (χ3v) is 3.89. The van der Waals surface area contributed by atoms with Crippen LogP contribution in [-0.2, 0) is 6.18 Å². The molecule has 11 heteroatoms. The van der Waals surface area contributed by atoms with E-state index < -0.39 is 17.6 Å². The first kappa shape index (κ1) is 18.3. The summed E-state index contributed by atoms with van der Waals surface area (Å²) in [5.74, 6) is 0.375. The fourth-order valence-corrected chi connectivity index (χ4v) is 2.51. The normalized spacial score (nSPS) is 11.4. The van der Waals surface area contributed by atoms with Gasteiger partial charge in [0.2, 0.25) is 0 Å². The molecule has 0 saturated heterocycles. The van der Waals surface area contributed by atoms with Gasteiger partial charge in [0.05, 0.1) is 11.8 Å². The second-order valence-electron chi connectivity index (χ2n) is 5.88. The van der Waals surface area contributed by atoms with Gasteiger partial charge in [0.15, 0.2) is 11.5 Å². The quantitative estimate of drug-likeness (QED) is 0.545. The number of fused-ring (bicyclic) bond motifs is 1. The van der Waals surface area contributed by atoms with Gasteiger partial charge in [-0.15, -0.1) is 0 Å². The maximum atomic E-state index is 12.6. The van der Waals surface area contributed by atoms with Gasteiger partial charge >= 0.3 is 6.18 Å². The number of anilines is 3. The van der Waals surface area contributed by atoms with Gasteiger partial charge in [-0.25, -0.2) is 15.0 Å². The van der Waals surface area contributed by atoms with Crippen LogP contribution in [0.5, 0.6) is 0 Å². The van der Waals surface area contributed by atoms with Crippen LogP contribution in [0.2, 0.25) is 0 Å². The van der Waals surface area contributed by atoms with Crippen LogP contribution < -0.4 is 10.6 Å². The van der Waals surface area contributed by atoms with Crippen LogP contribution in [0.3, 0.4) is 0 Å². The predicted octanol–water partition coefficient (Wildman–Crippen LogP) is 3.53. The number of pyridine rings is 2. The Morgan fingerprint density at radius 2 is 1.83 bits per heavy atom. The fourth-order valence-electron chi connectivity index (χ4n) is 2.51. The Morgan fingerprint density at radius 3 is 2.59 bits per heavy atom. The first-order valence-corrected chi connectivity index (χ1v) is 8.26. The van der Waals surface area contributed by atoms with Crippen molar-refractivity contribution in [2.24, 2.45) is 0 Å². The van der Waals surface area contributed by atoms with Crippen LogP contribution in [0.25, 0.3) is 5.65 Å². The first-order valence-electron chi connectivity index (χ1n) is 8.26. The zero-order valence-corrected chi connectivity index (χ0v) is 14.6. The zero-order chi connectivity index (χ0) is 20.4. The number of aromatic nitrogens is 5. The average molecular weight is 399 g/mol. The number of imidazole rings is 1. The van der Waals surface area contributed by atoms with E-state index in [4.69, 9.17) is 0 Å². The van der Waals surface area contributed by atoms with Crippen LogP contribution in [0.15, 0.2) is 61.2 Å². The van der Waals surface area contributed by atoms with Crippen LogP contribution >= 0.6 is 0 Å². The number of nitrogens with one attached hydrogen (secondary N) is 2. The van der Waals surface area contributed by atoms with Crippen molar-refractivity contribution in [1.82, 2.24) is 24.6 Å². The van der Waals surface area contributed by atoms with E-state index in [1.165, 1.54) is 35.1 Å². The highest BCUT2D eigenvalue weighted by Crippen LogP contribution is 2.29. The molecule has 0 fully saturated rings. The topological polar surface area (TPSA) is 97.1 Å². The maximum Gasteiger partial charge on any atom is 0.417 e. The van der Waals surface area contributed by atoms with Crippen molar-refractivity contribution in [3.63, 3.8) is 0 Å². The van der Waals surface area contributed by atoms with Gasteiger partial charge < -0.3 is 10.6 Å². The van der Waals surface area contributed by atoms with Gasteiger partial charge in [0.1, 0.15) is 11.6 Å². The van der Waals surface area contributed by atoms with E-state index in [0.717, 1.165) is 12.3 Å². The summed E-state index contributed by atoms with van der Waals surface area (Å²) in [6, 6.07) is 8.51. The molecule has 146 valence electrons. The Balaban J connectivity index is 1.50. The molecular weight excluding hydrogens is 387 g/mol. The van der Waals surface area contributed by atoms with Crippen molar-refractivity contribution in [2.45, 2.75) is 6.18 Å². The lowest BCUT2D eigenvalue weighted by Gasteiger charge is -2.09. The van der Waals surface area contributed by atoms with Crippen molar-refractivity contribution in [2.75, 3.05) is 10.6 Å². The van der Waals surface area contributed by atoms with Crippen molar-refractivity contribution < 1.29 is 18.0 Å². The predicted molar refractivity (Wildman–Crippen MR) is 97.7 cm³/mol. The third-order valence-electron chi connectivity index (χ3n) is 3.89. The number of alkyl halides is 3. The number of nitrogens with zero attached hydrogens (tertiary/aromatic N) is 5. The lowest BCUT2D eigenvalue weighted by Crippen LogP contribution is -2.14. The monoisotopic (exact) mass is 399 g/mol. The smallest absolute Gasteiger partial charge is 0.325 e. The molecular formula is C18H12F3N7O. The van der Waals surface area contributed by atoms with Gasteiger partial charge in [0.25, 0.3) is 5.91 Å². The summed E-state index contributed by atoms with van der Waals surface area (Å²) in [5.41, 5.74) is -0.000615. The minimum absolute atomic E-state index is 0.161. The lowest BCUT2D eigenvalue weighted by atomic mass is 10.2. The number of hydrogen-bond acceptors (Lipinski definition) is 6. The third kappa shape index (κ3) is 3.98. The lowest BCUT2D eigenvalue weighted by molar-refractivity contribution is -0.137. The summed E-state index contributed by atoms with van der Waals surface area (Å²) >= 11 is 0. The molecule has 0 aliphatic rings. The van der Waals surface area contributed by atoms with Gasteiger partial charge in [0, 0.05) is 24.2 Å². The molecule has 0 atom stereocenters. The molecule has 29 heavy (non-hydrogen) atoms. The molecule has 1 amide bonds. The molecule has 0 aliphatic carbocycles. The summed E-state index contributed by atoms with van der Waals surface area (Å²) in [6.07, 6.45) is 0.696. The fraction of sp³-hybridized carbons (Fsp3) is 0.0556. The summed E-state index contributed by atoms with van der Waals surface area (Å²) < 4.78 is 39.3. The minimum atomic E-state index is -4.46. The van der Waals surface area contributed by atoms with Gasteiger partial charge in [-0.3, -0.25) is 4.79 Å². The molecule has 0 spiro atoms. The van der Waals surface area contributed by atoms with E-state index >= 15 is 0 Å². The molecule has 0 saturated carbocycles. The Hall–Kier alpha value is -4.02. The molecule has 8 nitrogen and oxygen atoms in total. The number of carbonyl (C=O) groups excluding carboxylic acids is 1. The summed E-state index contributed by atoms with van der Waals surface area (Å²) in [7, 11) is 0. The summed E-state index contributed by atoms with van der Waals surface area (Å²) in [5, 5.41) is 9.58. The first-order chi connectivity index (χ1) is 13.9. The molecule has 0 aromatic carbocycles. The Kier molecular flexibility index (Phi) is 4.55. The number of hydrogen-bond donors (Lipinski definition) is 2. The highest BCUT2D eigenvalue weighted by molar-refractivity contribution is 6.04. The van der Waals surface area contributed by atoms with E-state index in [9.17, 15) is 18.0 Å². The number of rotatable bonds is 4. The molecule has 0 bridgehead atoms. The van der Waals surface area contributed by atoms with Crippen molar-refractivity contribution in [3.05, 3.63) is 72.3 Å². The molecule has 4 aromatic heterocycles. The highest BCUT2D eigenvalue weighted by Gasteiger charge is 2.30. The molecule has 0 aliphatic heterocycles. The molecule has 4 heterocycles. The standard InChI is InChI=1S/C18H12F3N7O/c19-18(20,21)12-3-4-13(23-9-12)26-14-8-11(5-7-22-14)17(29)27-16-10-24-15-2-1-6-25-28(15)16/h1-10H,(H,27,29)(H,22,23,26). The number of amides is 1. The number of carbonyl (C=O) groups is 1. The van der Waals surface area contributed by atoms with E-state index in [1.54, 1.807) is 18.3 Å². The van der Waals surface area contributed by atoms with Crippen molar-refractivity contribution >= 4 is 29.0 Å². The Morgan fingerprint density at radius 1 is 0.966 bits per heavy atom. The second kappa shape index (κ2) is 7.19. The molecule has 0 unspecified atom stereocenters. The van der Waals surface area contributed by atoms with Crippen molar-refractivity contribution in [1.29, 1.82) is 0 Å². The molecule has 0 radical (unpaired) electrons. The summed E-state index contributed by atoms with van der Waals surface area (Å²) in [6.45, 7) is 0. The zero-order valence-electron chi connectivity index (χ0n) is 14.6. The average Bonchev–Trinajstić information content (AvgIpc) is 3.11. The van der Waals surface area contributed by atoms with Crippen molar-refractivity contribution in [3.8, 4) is 0 Å². The van der Waals surface area contributed by atoms with E-state index in [0.29, 0.717) is 11.5 Å². The van der Waals surface area contributed by atoms with Crippen LogP contribution in [0, 0.1) is 0 Å². The highest BCUT2D eigenvalue weighted by atomic mass is 19.4. The second-order valence-corrected chi connectivity index (χ2v) is 5.88. The summed E-state index contributed by atoms with van der Waals surface area (Å²) in [4.78, 5) is 24.4.